The molecule has 4 rings (SSSR count). The van der Waals surface area contributed by atoms with E-state index in [0.29, 0.717) is 11.3 Å². The molecule has 4 aromatic heterocycles. The van der Waals surface area contributed by atoms with Gasteiger partial charge in [0.1, 0.15) is 22.6 Å². The van der Waals surface area contributed by atoms with Crippen LogP contribution in [-0.4, -0.2) is 73.6 Å². The van der Waals surface area contributed by atoms with Gasteiger partial charge in [-0.3, -0.25) is 9.63 Å². The van der Waals surface area contributed by atoms with E-state index in [1.165, 1.54) is 30.8 Å². The van der Waals surface area contributed by atoms with Crippen molar-refractivity contribution in [1.29, 1.82) is 0 Å². The minimum Gasteiger partial charge on any atom is -0.447 e. The molecule has 4 aromatic rings. The monoisotopic (exact) mass is 597 g/mol. The highest BCUT2D eigenvalue weighted by Crippen LogP contribution is 2.35. The highest BCUT2D eigenvalue weighted by Gasteiger charge is 2.35. The van der Waals surface area contributed by atoms with Crippen molar-refractivity contribution in [1.82, 2.24) is 34.2 Å². The number of carbonyl (C=O) groups is 2. The normalized spacial score (nSPS) is 12.4. The van der Waals surface area contributed by atoms with Crippen LogP contribution in [0.1, 0.15) is 43.7 Å². The molecule has 0 aromatic carbocycles. The largest absolute Gasteiger partial charge is 0.447 e. The zero-order valence-corrected chi connectivity index (χ0v) is 23.4. The fraction of sp³-hybridized carbons (Fsp3) is 0.417. The number of alkyl halides is 3. The molecule has 0 fully saturated rings. The first-order chi connectivity index (χ1) is 19.2. The molecule has 0 aliphatic rings. The first-order valence-electron chi connectivity index (χ1n) is 12.4. The molecule has 0 radical (unpaired) electrons. The molecule has 0 unspecified atom stereocenters. The van der Waals surface area contributed by atoms with E-state index in [9.17, 15) is 31.2 Å². The van der Waals surface area contributed by atoms with E-state index >= 15 is 0 Å². The number of hydrogen-bond donors (Lipinski definition) is 0. The number of imidazole rings is 1. The van der Waals surface area contributed by atoms with Crippen molar-refractivity contribution in [3.05, 3.63) is 35.8 Å². The van der Waals surface area contributed by atoms with E-state index in [2.05, 4.69) is 20.1 Å². The van der Waals surface area contributed by atoms with Gasteiger partial charge in [0.15, 0.2) is 26.2 Å². The second-order valence-corrected chi connectivity index (χ2v) is 11.4. The van der Waals surface area contributed by atoms with Gasteiger partial charge in [0, 0.05) is 19.4 Å². The van der Waals surface area contributed by atoms with Gasteiger partial charge < -0.3 is 9.30 Å². The summed E-state index contributed by atoms with van der Waals surface area (Å²) in [5.74, 6) is -1.57. The number of hydrogen-bond acceptors (Lipinski definition) is 10. The number of rotatable bonds is 8. The lowest BCUT2D eigenvalue weighted by molar-refractivity contribution is -0.137. The van der Waals surface area contributed by atoms with Crippen LogP contribution >= 0.6 is 0 Å². The lowest BCUT2D eigenvalue weighted by Gasteiger charge is -2.19. The predicted octanol–water partition coefficient (Wildman–Crippen LogP) is 3.68. The molecule has 0 bridgehead atoms. The van der Waals surface area contributed by atoms with Crippen LogP contribution in [-0.2, 0) is 32.6 Å². The van der Waals surface area contributed by atoms with Crippen LogP contribution in [0.25, 0.3) is 28.2 Å². The van der Waals surface area contributed by atoms with E-state index < -0.39 is 44.4 Å². The minimum absolute atomic E-state index is 0.00304. The van der Waals surface area contributed by atoms with E-state index in [4.69, 9.17) is 9.57 Å². The van der Waals surface area contributed by atoms with Crippen molar-refractivity contribution in [3.8, 4) is 11.4 Å². The van der Waals surface area contributed by atoms with Crippen molar-refractivity contribution < 1.29 is 40.8 Å². The smallest absolute Gasteiger partial charge is 0.441 e. The summed E-state index contributed by atoms with van der Waals surface area (Å²) < 4.78 is 73.5. The summed E-state index contributed by atoms with van der Waals surface area (Å²) in [6.45, 7) is 6.44. The van der Waals surface area contributed by atoms with Gasteiger partial charge in [-0.15, -0.1) is 5.06 Å². The Morgan fingerprint density at radius 3 is 2.46 bits per heavy atom. The van der Waals surface area contributed by atoms with E-state index in [1.54, 1.807) is 20.8 Å². The summed E-state index contributed by atoms with van der Waals surface area (Å²) in [5, 5.41) is 4.03. The van der Waals surface area contributed by atoms with Crippen molar-refractivity contribution >= 4 is 38.6 Å². The average molecular weight is 598 g/mol. The minimum atomic E-state index is -4.68. The number of sulfone groups is 1. The summed E-state index contributed by atoms with van der Waals surface area (Å²) in [4.78, 5) is 43.7. The number of imide groups is 1. The predicted molar refractivity (Wildman–Crippen MR) is 137 cm³/mol. The Morgan fingerprint density at radius 1 is 1.15 bits per heavy atom. The maximum atomic E-state index is 13.5. The Labute approximate surface area is 231 Å². The number of fused-ring (bicyclic) bond motifs is 2. The molecule has 17 heteroatoms. The van der Waals surface area contributed by atoms with Crippen LogP contribution in [0.3, 0.4) is 0 Å². The fourth-order valence-electron chi connectivity index (χ4n) is 3.82. The lowest BCUT2D eigenvalue weighted by Crippen LogP contribution is -2.39. The van der Waals surface area contributed by atoms with Gasteiger partial charge in [-0.05, 0) is 25.0 Å². The van der Waals surface area contributed by atoms with E-state index in [0.717, 1.165) is 10.6 Å². The molecule has 0 N–H and O–H groups in total. The van der Waals surface area contributed by atoms with Crippen LogP contribution in [0.2, 0.25) is 0 Å². The molecule has 0 aliphatic carbocycles. The average Bonchev–Trinajstić information content (AvgIpc) is 3.47. The number of pyridine rings is 1. The van der Waals surface area contributed by atoms with E-state index in [1.807, 2.05) is 0 Å². The van der Waals surface area contributed by atoms with Gasteiger partial charge in [0.2, 0.25) is 0 Å². The van der Waals surface area contributed by atoms with Crippen LogP contribution < -0.4 is 0 Å². The molecular formula is C24H26F3N7O6S. The Hall–Kier alpha value is -4.12. The van der Waals surface area contributed by atoms with Crippen molar-refractivity contribution in [2.45, 2.75) is 38.9 Å². The first-order valence-corrected chi connectivity index (χ1v) is 14.0. The number of ether oxygens (including phenoxy) is 1. The van der Waals surface area contributed by atoms with Gasteiger partial charge in [0.25, 0.3) is 0 Å². The molecule has 41 heavy (non-hydrogen) atoms. The Bertz CT molecular complexity index is 1750. The molecule has 0 atom stereocenters. The standard InChI is InChI=1S/C24H26F3N7O6S/c1-6-40-34(23(36)39-12-13(3)4)22(35)16-8-9-28-19-17(21(31-33(16)19)41(37,38)7-2)20-30-15-10-14(24(25,26)27)11-29-18(15)32(20)5/h8-11,13H,6-7,12H2,1-5H3. The fourth-order valence-corrected chi connectivity index (χ4v) is 4.79. The number of hydroxylamine groups is 2. The molecule has 2 amide bonds. The summed E-state index contributed by atoms with van der Waals surface area (Å²) in [6.07, 6.45) is -3.95. The highest BCUT2D eigenvalue weighted by molar-refractivity contribution is 7.91. The first kappa shape index (κ1) is 29.9. The molecule has 0 aliphatic heterocycles. The van der Waals surface area contributed by atoms with Gasteiger partial charge in [-0.2, -0.15) is 18.3 Å². The third kappa shape index (κ3) is 5.58. The Balaban J connectivity index is 1.95. The summed E-state index contributed by atoms with van der Waals surface area (Å²) >= 11 is 0. The number of amides is 2. The Kier molecular flexibility index (Phi) is 8.04. The number of aromatic nitrogens is 6. The summed E-state index contributed by atoms with van der Waals surface area (Å²) in [7, 11) is -2.67. The zero-order chi connectivity index (χ0) is 30.3. The van der Waals surface area contributed by atoms with E-state index in [-0.39, 0.29) is 53.0 Å². The molecule has 0 saturated carbocycles. The maximum absolute atomic E-state index is 13.5. The molecule has 0 saturated heterocycles. The second kappa shape index (κ2) is 11.0. The molecule has 0 spiro atoms. The van der Waals surface area contributed by atoms with Gasteiger partial charge in [-0.1, -0.05) is 20.8 Å². The van der Waals surface area contributed by atoms with Gasteiger partial charge in [0.05, 0.1) is 24.5 Å². The molecule has 13 nitrogen and oxygen atoms in total. The second-order valence-electron chi connectivity index (χ2n) is 9.20. The number of nitrogens with zero attached hydrogens (tertiary/aromatic N) is 7. The molecule has 4 heterocycles. The summed E-state index contributed by atoms with van der Waals surface area (Å²) in [6, 6.07) is 1.99. The molecule has 220 valence electrons. The van der Waals surface area contributed by atoms with Crippen molar-refractivity contribution in [2.75, 3.05) is 19.0 Å². The lowest BCUT2D eigenvalue weighted by atomic mass is 10.2. The van der Waals surface area contributed by atoms with Gasteiger partial charge >= 0.3 is 18.2 Å². The van der Waals surface area contributed by atoms with Crippen LogP contribution in [0, 0.1) is 5.92 Å². The number of halogens is 3. The topological polar surface area (TPSA) is 151 Å². The van der Waals surface area contributed by atoms with Crippen LogP contribution in [0.15, 0.2) is 29.6 Å². The maximum Gasteiger partial charge on any atom is 0.441 e. The van der Waals surface area contributed by atoms with Gasteiger partial charge in [-0.25, -0.2) is 32.7 Å². The third-order valence-corrected chi connectivity index (χ3v) is 7.42. The zero-order valence-electron chi connectivity index (χ0n) is 22.6. The third-order valence-electron chi connectivity index (χ3n) is 5.79. The summed E-state index contributed by atoms with van der Waals surface area (Å²) in [5.41, 5.74) is -1.79. The number of aryl methyl sites for hydroxylation is 1. The van der Waals surface area contributed by atoms with Crippen molar-refractivity contribution in [3.63, 3.8) is 0 Å². The SMILES string of the molecule is CCON(C(=O)OCC(C)C)C(=O)c1ccnc2c(-c3nc4cc(C(F)(F)F)cnc4n3C)c(S(=O)(=O)CC)nn12. The van der Waals surface area contributed by atoms with Crippen LogP contribution in [0.5, 0.6) is 0 Å². The molecular weight excluding hydrogens is 571 g/mol. The number of carbonyl (C=O) groups excluding carboxylic acids is 2. The Morgan fingerprint density at radius 2 is 1.85 bits per heavy atom. The highest BCUT2D eigenvalue weighted by atomic mass is 32.2. The quantitative estimate of drug-likeness (QED) is 0.275. The van der Waals surface area contributed by atoms with Crippen molar-refractivity contribution in [2.24, 2.45) is 13.0 Å². The van der Waals surface area contributed by atoms with Crippen LogP contribution in [0.4, 0.5) is 18.0 Å².